The van der Waals surface area contributed by atoms with Gasteiger partial charge in [-0.3, -0.25) is 0 Å². The number of aryl methyl sites for hydroxylation is 1. The molecule has 1 aromatic rings. The molecule has 0 saturated carbocycles. The van der Waals surface area contributed by atoms with Crippen molar-refractivity contribution in [2.24, 2.45) is 27.2 Å². The van der Waals surface area contributed by atoms with E-state index >= 15 is 0 Å². The minimum Gasteiger partial charge on any atom is -0.370 e. The van der Waals surface area contributed by atoms with Gasteiger partial charge in [-0.1, -0.05) is 13.0 Å². The van der Waals surface area contributed by atoms with Crippen LogP contribution in [0.2, 0.25) is 0 Å². The van der Waals surface area contributed by atoms with Crippen LogP contribution in [0.4, 0.5) is 5.69 Å². The predicted octanol–water partition coefficient (Wildman–Crippen LogP) is 1.23. The molecule has 0 saturated heterocycles. The molecule has 0 aliphatic carbocycles. The van der Waals surface area contributed by atoms with Gasteiger partial charge in [0.2, 0.25) is 5.96 Å². The Hall–Kier alpha value is -1.56. The molecule has 0 amide bonds. The van der Waals surface area contributed by atoms with E-state index in [1.165, 1.54) is 5.56 Å². The number of halogens is 1. The van der Waals surface area contributed by atoms with E-state index in [1.54, 1.807) is 0 Å². The van der Waals surface area contributed by atoms with Gasteiger partial charge in [-0.25, -0.2) is 4.99 Å². The molecule has 5 nitrogen and oxygen atoms in total. The molecule has 0 heterocycles. The summed E-state index contributed by atoms with van der Waals surface area (Å²) in [6.45, 7) is 2.08. The molecule has 0 aliphatic heterocycles. The summed E-state index contributed by atoms with van der Waals surface area (Å²) in [6.07, 6.45) is 0.964. The van der Waals surface area contributed by atoms with Crippen molar-refractivity contribution in [3.8, 4) is 0 Å². The van der Waals surface area contributed by atoms with E-state index in [9.17, 15) is 0 Å². The van der Waals surface area contributed by atoms with Crippen LogP contribution in [0.25, 0.3) is 0 Å². The monoisotopic (exact) mass is 283 g/mol. The minimum atomic E-state index is -0.109. The highest BCUT2D eigenvalue weighted by molar-refractivity contribution is 9.10. The maximum Gasteiger partial charge on any atom is 0.223 e. The summed E-state index contributed by atoms with van der Waals surface area (Å²) in [5.74, 6) is -0.0764. The van der Waals surface area contributed by atoms with Crippen molar-refractivity contribution in [2.75, 3.05) is 0 Å². The number of hydrogen-bond acceptors (Lipinski definition) is 1. The number of guanidine groups is 2. The molecular formula is C10H14BrN5. The molecule has 6 heteroatoms. The third kappa shape index (κ3) is 3.54. The normalized spacial score (nSPS) is 11.2. The van der Waals surface area contributed by atoms with Crippen LogP contribution in [0.5, 0.6) is 0 Å². The van der Waals surface area contributed by atoms with E-state index in [-0.39, 0.29) is 11.9 Å². The summed E-state index contributed by atoms with van der Waals surface area (Å²) in [5, 5.41) is 0. The fourth-order valence-corrected chi connectivity index (χ4v) is 1.66. The van der Waals surface area contributed by atoms with E-state index in [4.69, 9.17) is 17.2 Å². The van der Waals surface area contributed by atoms with Crippen molar-refractivity contribution in [3.63, 3.8) is 0 Å². The molecule has 0 radical (unpaired) electrons. The highest BCUT2D eigenvalue weighted by Gasteiger charge is 2.00. The Balaban J connectivity index is 3.02. The quantitative estimate of drug-likeness (QED) is 0.562. The first-order valence-electron chi connectivity index (χ1n) is 4.75. The van der Waals surface area contributed by atoms with E-state index in [0.717, 1.165) is 10.9 Å². The maximum atomic E-state index is 5.53. The fraction of sp³-hybridized carbons (Fsp3) is 0.200. The van der Waals surface area contributed by atoms with Crippen molar-refractivity contribution >= 4 is 33.5 Å². The van der Waals surface area contributed by atoms with Gasteiger partial charge < -0.3 is 17.2 Å². The topological polar surface area (TPSA) is 103 Å². The second kappa shape index (κ2) is 5.50. The molecule has 0 fully saturated rings. The lowest BCUT2D eigenvalue weighted by atomic mass is 10.1. The summed E-state index contributed by atoms with van der Waals surface area (Å²) in [5.41, 5.74) is 17.8. The highest BCUT2D eigenvalue weighted by atomic mass is 79.9. The first-order chi connectivity index (χ1) is 7.52. The van der Waals surface area contributed by atoms with Crippen LogP contribution in [-0.4, -0.2) is 11.9 Å². The smallest absolute Gasteiger partial charge is 0.223 e. The molecule has 6 N–H and O–H groups in total. The molecular weight excluding hydrogens is 270 g/mol. The Morgan fingerprint density at radius 2 is 2.00 bits per heavy atom. The maximum absolute atomic E-state index is 5.53. The number of nitrogens with two attached hydrogens (primary N) is 3. The van der Waals surface area contributed by atoms with Crippen LogP contribution >= 0.6 is 15.9 Å². The van der Waals surface area contributed by atoms with Crippen LogP contribution < -0.4 is 17.2 Å². The zero-order valence-electron chi connectivity index (χ0n) is 8.94. The molecule has 1 rings (SSSR count). The largest absolute Gasteiger partial charge is 0.370 e. The van der Waals surface area contributed by atoms with Crippen LogP contribution in [-0.2, 0) is 6.42 Å². The van der Waals surface area contributed by atoms with Gasteiger partial charge in [0, 0.05) is 4.47 Å². The third-order valence-corrected chi connectivity index (χ3v) is 2.53. The Labute approximate surface area is 103 Å². The summed E-state index contributed by atoms with van der Waals surface area (Å²) in [6, 6.07) is 5.83. The van der Waals surface area contributed by atoms with Crippen LogP contribution in [0.3, 0.4) is 0 Å². The van der Waals surface area contributed by atoms with Crippen molar-refractivity contribution in [2.45, 2.75) is 13.3 Å². The average Bonchev–Trinajstić information content (AvgIpc) is 2.19. The van der Waals surface area contributed by atoms with Crippen LogP contribution in [0.1, 0.15) is 12.5 Å². The lowest BCUT2D eigenvalue weighted by molar-refractivity contribution is 1.14. The molecule has 0 aromatic heterocycles. The van der Waals surface area contributed by atoms with E-state index < -0.39 is 0 Å². The Kier molecular flexibility index (Phi) is 4.30. The molecule has 0 spiro atoms. The number of rotatable bonds is 2. The van der Waals surface area contributed by atoms with Gasteiger partial charge in [-0.15, -0.1) is 0 Å². The molecule has 0 bridgehead atoms. The first-order valence-corrected chi connectivity index (χ1v) is 5.54. The van der Waals surface area contributed by atoms with Gasteiger partial charge in [0.25, 0.3) is 0 Å². The van der Waals surface area contributed by atoms with E-state index in [1.807, 2.05) is 18.2 Å². The number of benzene rings is 1. The molecule has 0 aliphatic rings. The molecule has 86 valence electrons. The lowest BCUT2D eigenvalue weighted by Gasteiger charge is -2.02. The number of hydrogen-bond donors (Lipinski definition) is 3. The second-order valence-electron chi connectivity index (χ2n) is 3.15. The van der Waals surface area contributed by atoms with Gasteiger partial charge in [0.05, 0.1) is 5.69 Å². The Morgan fingerprint density at radius 1 is 1.31 bits per heavy atom. The SMILES string of the molecule is CCc1ccc(N=C(N)N=C(N)N)c(Br)c1. The zero-order chi connectivity index (χ0) is 12.1. The van der Waals surface area contributed by atoms with Crippen molar-refractivity contribution < 1.29 is 0 Å². The summed E-state index contributed by atoms with van der Waals surface area (Å²) in [4.78, 5) is 7.71. The summed E-state index contributed by atoms with van der Waals surface area (Å²) in [7, 11) is 0. The fourth-order valence-electron chi connectivity index (χ4n) is 1.14. The molecule has 0 unspecified atom stereocenters. The van der Waals surface area contributed by atoms with E-state index in [2.05, 4.69) is 32.8 Å². The van der Waals surface area contributed by atoms with Crippen molar-refractivity contribution in [1.29, 1.82) is 0 Å². The van der Waals surface area contributed by atoms with Crippen LogP contribution in [0.15, 0.2) is 32.7 Å². The van der Waals surface area contributed by atoms with Gasteiger partial charge in [-0.05, 0) is 40.0 Å². The summed E-state index contributed by atoms with van der Waals surface area (Å²) >= 11 is 3.41. The number of nitrogens with zero attached hydrogens (tertiary/aromatic N) is 2. The lowest BCUT2D eigenvalue weighted by Crippen LogP contribution is -2.26. The predicted molar refractivity (Wildman–Crippen MR) is 70.6 cm³/mol. The molecule has 1 aromatic carbocycles. The standard InChI is InChI=1S/C10H14BrN5/c1-2-6-3-4-8(7(11)5-6)15-10(14)16-9(12)13/h3-5H,2H2,1H3,(H6,12,13,14,15,16). The summed E-state index contributed by atoms with van der Waals surface area (Å²) < 4.78 is 0.862. The van der Waals surface area contributed by atoms with Crippen molar-refractivity contribution in [1.82, 2.24) is 0 Å². The Morgan fingerprint density at radius 3 is 2.50 bits per heavy atom. The van der Waals surface area contributed by atoms with Gasteiger partial charge in [0.15, 0.2) is 5.96 Å². The average molecular weight is 284 g/mol. The highest BCUT2D eigenvalue weighted by Crippen LogP contribution is 2.26. The van der Waals surface area contributed by atoms with Crippen LogP contribution in [0, 0.1) is 0 Å². The molecule has 16 heavy (non-hydrogen) atoms. The first kappa shape index (κ1) is 12.5. The second-order valence-corrected chi connectivity index (χ2v) is 4.00. The van der Waals surface area contributed by atoms with Gasteiger partial charge >= 0.3 is 0 Å². The number of aliphatic imine (C=N–C) groups is 2. The minimum absolute atomic E-state index is 0.0324. The zero-order valence-corrected chi connectivity index (χ0v) is 10.5. The van der Waals surface area contributed by atoms with Gasteiger partial charge in [-0.2, -0.15) is 4.99 Å². The Bertz CT molecular complexity index is 435. The third-order valence-electron chi connectivity index (χ3n) is 1.90. The van der Waals surface area contributed by atoms with E-state index in [0.29, 0.717) is 5.69 Å². The van der Waals surface area contributed by atoms with Gasteiger partial charge in [0.1, 0.15) is 0 Å². The molecule has 0 atom stereocenters. The van der Waals surface area contributed by atoms with Crippen molar-refractivity contribution in [3.05, 3.63) is 28.2 Å².